The van der Waals surface area contributed by atoms with Crippen molar-refractivity contribution in [2.75, 3.05) is 5.73 Å². The van der Waals surface area contributed by atoms with E-state index in [-0.39, 0.29) is 10.9 Å². The van der Waals surface area contributed by atoms with Crippen molar-refractivity contribution in [3.05, 3.63) is 53.6 Å². The summed E-state index contributed by atoms with van der Waals surface area (Å²) >= 11 is 0. The number of aromatic nitrogens is 2. The van der Waals surface area contributed by atoms with Gasteiger partial charge in [0.05, 0.1) is 16.8 Å². The SMILES string of the molecule is Cc1cccc(CS(=O)(=O)c2nc3ccc(N)cc3[nH]2)c1. The van der Waals surface area contributed by atoms with Crippen LogP contribution in [0.1, 0.15) is 11.1 Å². The Morgan fingerprint density at radius 3 is 2.76 bits per heavy atom. The summed E-state index contributed by atoms with van der Waals surface area (Å²) in [4.78, 5) is 6.98. The Kier molecular flexibility index (Phi) is 3.17. The van der Waals surface area contributed by atoms with Crippen LogP contribution in [0.25, 0.3) is 11.0 Å². The van der Waals surface area contributed by atoms with Crippen molar-refractivity contribution in [1.29, 1.82) is 0 Å². The molecule has 0 fully saturated rings. The average molecular weight is 301 g/mol. The van der Waals surface area contributed by atoms with Crippen LogP contribution >= 0.6 is 0 Å². The molecule has 108 valence electrons. The predicted molar refractivity (Wildman–Crippen MR) is 82.6 cm³/mol. The highest BCUT2D eigenvalue weighted by Crippen LogP contribution is 2.20. The molecule has 0 saturated heterocycles. The first kappa shape index (κ1) is 13.6. The molecule has 0 spiro atoms. The zero-order valence-corrected chi connectivity index (χ0v) is 12.3. The number of benzene rings is 2. The van der Waals surface area contributed by atoms with E-state index in [4.69, 9.17) is 5.73 Å². The molecule has 0 radical (unpaired) electrons. The summed E-state index contributed by atoms with van der Waals surface area (Å²) in [5, 5.41) is -0.0235. The van der Waals surface area contributed by atoms with E-state index in [0.29, 0.717) is 16.7 Å². The standard InChI is InChI=1S/C15H15N3O2S/c1-10-3-2-4-11(7-10)9-21(19,20)15-17-13-6-5-12(16)8-14(13)18-15/h2-8H,9,16H2,1H3,(H,17,18). The van der Waals surface area contributed by atoms with Gasteiger partial charge in [-0.05, 0) is 30.7 Å². The van der Waals surface area contributed by atoms with Crippen molar-refractivity contribution in [3.8, 4) is 0 Å². The van der Waals surface area contributed by atoms with Gasteiger partial charge in [-0.25, -0.2) is 13.4 Å². The van der Waals surface area contributed by atoms with Crippen molar-refractivity contribution in [3.63, 3.8) is 0 Å². The third-order valence-electron chi connectivity index (χ3n) is 3.22. The van der Waals surface area contributed by atoms with Crippen LogP contribution in [-0.2, 0) is 15.6 Å². The second-order valence-electron chi connectivity index (χ2n) is 5.07. The van der Waals surface area contributed by atoms with Crippen molar-refractivity contribution in [2.24, 2.45) is 0 Å². The quantitative estimate of drug-likeness (QED) is 0.727. The normalized spacial score (nSPS) is 11.9. The lowest BCUT2D eigenvalue weighted by Crippen LogP contribution is -2.07. The Bertz CT molecular complexity index is 914. The summed E-state index contributed by atoms with van der Waals surface area (Å²) < 4.78 is 24.9. The minimum atomic E-state index is -3.51. The van der Waals surface area contributed by atoms with E-state index in [1.807, 2.05) is 25.1 Å². The summed E-state index contributed by atoms with van der Waals surface area (Å²) in [6, 6.07) is 12.5. The highest BCUT2D eigenvalue weighted by atomic mass is 32.2. The van der Waals surface area contributed by atoms with E-state index >= 15 is 0 Å². The zero-order chi connectivity index (χ0) is 15.0. The van der Waals surface area contributed by atoms with E-state index < -0.39 is 9.84 Å². The molecule has 0 aliphatic rings. The third-order valence-corrected chi connectivity index (χ3v) is 4.71. The number of hydrogen-bond donors (Lipinski definition) is 2. The number of imidazole rings is 1. The fourth-order valence-electron chi connectivity index (χ4n) is 2.24. The molecule has 5 nitrogen and oxygen atoms in total. The number of nitrogens with two attached hydrogens (primary N) is 1. The fourth-order valence-corrected chi connectivity index (χ4v) is 3.50. The average Bonchev–Trinajstić information content (AvgIpc) is 2.82. The molecule has 6 heteroatoms. The Balaban J connectivity index is 2.00. The molecule has 1 heterocycles. The number of nitrogens with one attached hydrogen (secondary N) is 1. The molecule has 0 amide bonds. The molecule has 1 aromatic heterocycles. The fraction of sp³-hybridized carbons (Fsp3) is 0.133. The highest BCUT2D eigenvalue weighted by molar-refractivity contribution is 7.90. The van der Waals surface area contributed by atoms with Crippen LogP contribution in [0.2, 0.25) is 0 Å². The number of sulfone groups is 1. The lowest BCUT2D eigenvalue weighted by molar-refractivity contribution is 0.588. The number of H-pyrrole nitrogens is 1. The van der Waals surface area contributed by atoms with Crippen LogP contribution < -0.4 is 5.73 Å². The molecular formula is C15H15N3O2S. The minimum Gasteiger partial charge on any atom is -0.399 e. The summed E-state index contributed by atoms with van der Waals surface area (Å²) in [7, 11) is -3.51. The molecule has 0 saturated carbocycles. The van der Waals surface area contributed by atoms with Crippen molar-refractivity contribution < 1.29 is 8.42 Å². The summed E-state index contributed by atoms with van der Waals surface area (Å²) in [5.74, 6) is -0.0794. The van der Waals surface area contributed by atoms with Crippen molar-refractivity contribution in [1.82, 2.24) is 9.97 Å². The number of anilines is 1. The van der Waals surface area contributed by atoms with Crippen LogP contribution in [0.15, 0.2) is 47.6 Å². The van der Waals surface area contributed by atoms with Gasteiger partial charge in [-0.1, -0.05) is 29.8 Å². The number of hydrogen-bond acceptors (Lipinski definition) is 4. The third kappa shape index (κ3) is 2.75. The smallest absolute Gasteiger partial charge is 0.226 e. The Morgan fingerprint density at radius 2 is 2.00 bits per heavy atom. The summed E-state index contributed by atoms with van der Waals surface area (Å²) in [5.41, 5.74) is 9.23. The van der Waals surface area contributed by atoms with E-state index in [9.17, 15) is 8.42 Å². The van der Waals surface area contributed by atoms with Gasteiger partial charge in [-0.3, -0.25) is 0 Å². The van der Waals surface area contributed by atoms with Gasteiger partial charge in [-0.2, -0.15) is 0 Å². The van der Waals surface area contributed by atoms with E-state index in [1.165, 1.54) is 0 Å². The minimum absolute atomic E-state index is 0.0235. The van der Waals surface area contributed by atoms with Gasteiger partial charge < -0.3 is 10.7 Å². The van der Waals surface area contributed by atoms with Gasteiger partial charge >= 0.3 is 0 Å². The maximum atomic E-state index is 12.4. The van der Waals surface area contributed by atoms with Crippen LogP contribution in [-0.4, -0.2) is 18.4 Å². The lowest BCUT2D eigenvalue weighted by atomic mass is 10.2. The molecule has 2 aromatic carbocycles. The molecule has 0 atom stereocenters. The van der Waals surface area contributed by atoms with Crippen LogP contribution in [0.5, 0.6) is 0 Å². The molecule has 0 aliphatic heterocycles. The van der Waals surface area contributed by atoms with Gasteiger partial charge in [0.1, 0.15) is 0 Å². The lowest BCUT2D eigenvalue weighted by Gasteiger charge is -2.02. The Morgan fingerprint density at radius 1 is 1.19 bits per heavy atom. The number of fused-ring (bicyclic) bond motifs is 1. The van der Waals surface area contributed by atoms with Gasteiger partial charge in [-0.15, -0.1) is 0 Å². The predicted octanol–water partition coefficient (Wildman–Crippen LogP) is 2.43. The van der Waals surface area contributed by atoms with E-state index in [2.05, 4.69) is 9.97 Å². The van der Waals surface area contributed by atoms with E-state index in [0.717, 1.165) is 11.1 Å². The summed E-state index contributed by atoms with van der Waals surface area (Å²) in [6.07, 6.45) is 0. The maximum absolute atomic E-state index is 12.4. The molecule has 0 bridgehead atoms. The molecule has 3 aromatic rings. The van der Waals surface area contributed by atoms with Gasteiger partial charge in [0.25, 0.3) is 0 Å². The first-order valence-electron chi connectivity index (χ1n) is 6.47. The second kappa shape index (κ2) is 4.89. The number of aryl methyl sites for hydroxylation is 1. The Hall–Kier alpha value is -2.34. The molecule has 3 N–H and O–H groups in total. The topological polar surface area (TPSA) is 88.8 Å². The largest absolute Gasteiger partial charge is 0.399 e. The highest BCUT2D eigenvalue weighted by Gasteiger charge is 2.20. The number of nitrogen functional groups attached to an aromatic ring is 1. The molecule has 3 rings (SSSR count). The zero-order valence-electron chi connectivity index (χ0n) is 11.5. The van der Waals surface area contributed by atoms with Crippen molar-refractivity contribution >= 4 is 26.6 Å². The molecule has 21 heavy (non-hydrogen) atoms. The molecule has 0 unspecified atom stereocenters. The molecular weight excluding hydrogens is 286 g/mol. The van der Waals surface area contributed by atoms with E-state index in [1.54, 1.807) is 24.3 Å². The first-order valence-corrected chi connectivity index (χ1v) is 8.13. The van der Waals surface area contributed by atoms with Gasteiger partial charge in [0.2, 0.25) is 15.0 Å². The van der Waals surface area contributed by atoms with Crippen molar-refractivity contribution in [2.45, 2.75) is 17.8 Å². The van der Waals surface area contributed by atoms with Crippen LogP contribution in [0, 0.1) is 6.92 Å². The number of aromatic amines is 1. The number of nitrogens with zero attached hydrogens (tertiary/aromatic N) is 1. The first-order chi connectivity index (χ1) is 9.94. The van der Waals surface area contributed by atoms with Crippen LogP contribution in [0.4, 0.5) is 5.69 Å². The second-order valence-corrected chi connectivity index (χ2v) is 6.97. The number of rotatable bonds is 3. The van der Waals surface area contributed by atoms with Gasteiger partial charge in [0, 0.05) is 5.69 Å². The summed E-state index contributed by atoms with van der Waals surface area (Å²) in [6.45, 7) is 1.93. The molecule has 0 aliphatic carbocycles. The van der Waals surface area contributed by atoms with Gasteiger partial charge in [0.15, 0.2) is 0 Å². The van der Waals surface area contributed by atoms with Crippen LogP contribution in [0.3, 0.4) is 0 Å². The Labute approximate surface area is 122 Å². The maximum Gasteiger partial charge on any atom is 0.226 e. The monoisotopic (exact) mass is 301 g/mol.